The van der Waals surface area contributed by atoms with Crippen LogP contribution in [0.2, 0.25) is 0 Å². The maximum atomic E-state index is 11.4. The van der Waals surface area contributed by atoms with Crippen molar-refractivity contribution in [1.29, 1.82) is 0 Å². The van der Waals surface area contributed by atoms with Crippen molar-refractivity contribution in [2.24, 2.45) is 0 Å². The molecule has 2 rings (SSSR count). The Balaban J connectivity index is 1.90. The van der Waals surface area contributed by atoms with Crippen molar-refractivity contribution in [2.75, 3.05) is 19.0 Å². The Kier molecular flexibility index (Phi) is 3.63. The SMILES string of the molecule is COCCn1ccc(N[C@@H]2C[C@H](C)OC2=O)n1. The van der Waals surface area contributed by atoms with E-state index in [-0.39, 0.29) is 18.1 Å². The van der Waals surface area contributed by atoms with Crippen LogP contribution in [-0.4, -0.2) is 41.6 Å². The number of cyclic esters (lactones) is 1. The summed E-state index contributed by atoms with van der Waals surface area (Å²) in [5, 5.41) is 7.36. The zero-order valence-electron chi connectivity index (χ0n) is 10.0. The number of nitrogens with one attached hydrogen (secondary N) is 1. The molecule has 94 valence electrons. The van der Waals surface area contributed by atoms with Gasteiger partial charge < -0.3 is 14.8 Å². The number of carbonyl (C=O) groups excluding carboxylic acids is 1. The number of carbonyl (C=O) groups is 1. The second-order valence-corrected chi connectivity index (χ2v) is 4.14. The van der Waals surface area contributed by atoms with Crippen molar-refractivity contribution < 1.29 is 14.3 Å². The number of aromatic nitrogens is 2. The Morgan fingerprint density at radius 2 is 2.53 bits per heavy atom. The van der Waals surface area contributed by atoms with Crippen LogP contribution in [0.3, 0.4) is 0 Å². The van der Waals surface area contributed by atoms with Gasteiger partial charge in [-0.2, -0.15) is 5.10 Å². The molecule has 1 aromatic heterocycles. The van der Waals surface area contributed by atoms with E-state index < -0.39 is 0 Å². The molecule has 1 fully saturated rings. The lowest BCUT2D eigenvalue weighted by molar-refractivity contribution is -0.141. The summed E-state index contributed by atoms with van der Waals surface area (Å²) in [7, 11) is 1.65. The minimum atomic E-state index is -0.282. The highest BCUT2D eigenvalue weighted by atomic mass is 16.6. The summed E-state index contributed by atoms with van der Waals surface area (Å²) in [5.41, 5.74) is 0. The Morgan fingerprint density at radius 3 is 3.18 bits per heavy atom. The Bertz CT molecular complexity index is 391. The van der Waals surface area contributed by atoms with Crippen molar-refractivity contribution >= 4 is 11.8 Å². The monoisotopic (exact) mass is 239 g/mol. The quantitative estimate of drug-likeness (QED) is 0.764. The minimum Gasteiger partial charge on any atom is -0.461 e. The molecule has 0 bridgehead atoms. The van der Waals surface area contributed by atoms with Crippen molar-refractivity contribution in [3.8, 4) is 0 Å². The third-order valence-corrected chi connectivity index (χ3v) is 2.66. The molecule has 1 aromatic rings. The topological polar surface area (TPSA) is 65.4 Å². The molecule has 0 radical (unpaired) electrons. The van der Waals surface area contributed by atoms with Crippen molar-refractivity contribution in [2.45, 2.75) is 32.0 Å². The van der Waals surface area contributed by atoms with Crippen LogP contribution >= 0.6 is 0 Å². The van der Waals surface area contributed by atoms with Crippen LogP contribution in [0.4, 0.5) is 5.82 Å². The Morgan fingerprint density at radius 1 is 1.71 bits per heavy atom. The van der Waals surface area contributed by atoms with Gasteiger partial charge in [-0.25, -0.2) is 4.79 Å². The number of anilines is 1. The number of ether oxygens (including phenoxy) is 2. The molecule has 0 aliphatic carbocycles. The molecule has 6 heteroatoms. The van der Waals surface area contributed by atoms with Gasteiger partial charge >= 0.3 is 5.97 Å². The first kappa shape index (κ1) is 11.9. The molecule has 0 aromatic carbocycles. The first-order valence-corrected chi connectivity index (χ1v) is 5.68. The van der Waals surface area contributed by atoms with Gasteiger partial charge in [0.15, 0.2) is 0 Å². The smallest absolute Gasteiger partial charge is 0.329 e. The van der Waals surface area contributed by atoms with E-state index in [1.54, 1.807) is 11.8 Å². The van der Waals surface area contributed by atoms with Gasteiger partial charge in [0.2, 0.25) is 0 Å². The Hall–Kier alpha value is -1.56. The third kappa shape index (κ3) is 2.97. The van der Waals surface area contributed by atoms with Gasteiger partial charge in [-0.3, -0.25) is 4.68 Å². The summed E-state index contributed by atoms with van der Waals surface area (Å²) < 4.78 is 11.8. The predicted molar refractivity (Wildman–Crippen MR) is 61.7 cm³/mol. The van der Waals surface area contributed by atoms with Crippen LogP contribution < -0.4 is 5.32 Å². The molecular weight excluding hydrogens is 222 g/mol. The van der Waals surface area contributed by atoms with Gasteiger partial charge in [-0.05, 0) is 6.92 Å². The standard InChI is InChI=1S/C11H17N3O3/c1-8-7-9(11(15)17-8)12-10-3-4-14(13-10)5-6-16-2/h3-4,8-9H,5-7H2,1-2H3,(H,12,13)/t8-,9+/m0/s1. The molecular formula is C11H17N3O3. The number of rotatable bonds is 5. The van der Waals surface area contributed by atoms with Gasteiger partial charge in [0.25, 0.3) is 0 Å². The summed E-state index contributed by atoms with van der Waals surface area (Å²) in [6.45, 7) is 3.20. The van der Waals surface area contributed by atoms with Crippen molar-refractivity contribution in [3.63, 3.8) is 0 Å². The van der Waals surface area contributed by atoms with Crippen LogP contribution in [0.1, 0.15) is 13.3 Å². The van der Waals surface area contributed by atoms with E-state index >= 15 is 0 Å². The lowest BCUT2D eigenvalue weighted by atomic mass is 10.2. The number of hydrogen-bond acceptors (Lipinski definition) is 5. The maximum Gasteiger partial charge on any atom is 0.329 e. The average Bonchev–Trinajstić information content (AvgIpc) is 2.84. The molecule has 6 nitrogen and oxygen atoms in total. The second kappa shape index (κ2) is 5.18. The molecule has 2 atom stereocenters. The highest BCUT2D eigenvalue weighted by Crippen LogP contribution is 2.17. The van der Waals surface area contributed by atoms with Gasteiger partial charge in [0, 0.05) is 25.8 Å². The number of methoxy groups -OCH3 is 1. The minimum absolute atomic E-state index is 0.0180. The van der Waals surface area contributed by atoms with Crippen LogP contribution in [0.5, 0.6) is 0 Å². The summed E-state index contributed by atoms with van der Waals surface area (Å²) in [6, 6.07) is 1.56. The molecule has 0 saturated carbocycles. The molecule has 1 N–H and O–H groups in total. The fraction of sp³-hybridized carbons (Fsp3) is 0.636. The summed E-state index contributed by atoms with van der Waals surface area (Å²) >= 11 is 0. The van der Waals surface area contributed by atoms with Crippen LogP contribution in [0, 0.1) is 0 Å². The zero-order chi connectivity index (χ0) is 12.3. The Labute approximate surface area is 99.9 Å². The number of esters is 1. The third-order valence-electron chi connectivity index (χ3n) is 2.66. The lowest BCUT2D eigenvalue weighted by Crippen LogP contribution is -2.24. The molecule has 0 unspecified atom stereocenters. The van der Waals surface area contributed by atoms with Crippen molar-refractivity contribution in [1.82, 2.24) is 9.78 Å². The van der Waals surface area contributed by atoms with Gasteiger partial charge in [-0.15, -0.1) is 0 Å². The van der Waals surface area contributed by atoms with E-state index in [9.17, 15) is 4.79 Å². The van der Waals surface area contributed by atoms with Crippen LogP contribution in [-0.2, 0) is 20.8 Å². The van der Waals surface area contributed by atoms with E-state index in [1.807, 2.05) is 19.2 Å². The second-order valence-electron chi connectivity index (χ2n) is 4.14. The summed E-state index contributed by atoms with van der Waals surface area (Å²) in [4.78, 5) is 11.4. The summed E-state index contributed by atoms with van der Waals surface area (Å²) in [6.07, 6.45) is 2.52. The normalized spacial score (nSPS) is 23.8. The molecule has 0 spiro atoms. The number of hydrogen-bond donors (Lipinski definition) is 1. The van der Waals surface area contributed by atoms with Crippen LogP contribution in [0.25, 0.3) is 0 Å². The lowest BCUT2D eigenvalue weighted by Gasteiger charge is -2.06. The van der Waals surface area contributed by atoms with Crippen molar-refractivity contribution in [3.05, 3.63) is 12.3 Å². The highest BCUT2D eigenvalue weighted by molar-refractivity contribution is 5.80. The van der Waals surface area contributed by atoms with E-state index in [4.69, 9.17) is 9.47 Å². The predicted octanol–water partition coefficient (Wildman–Crippen LogP) is 0.645. The first-order chi connectivity index (χ1) is 8.19. The van der Waals surface area contributed by atoms with E-state index in [0.717, 1.165) is 0 Å². The number of nitrogens with zero attached hydrogens (tertiary/aromatic N) is 2. The average molecular weight is 239 g/mol. The molecule has 0 amide bonds. The maximum absolute atomic E-state index is 11.4. The fourth-order valence-corrected chi connectivity index (χ4v) is 1.80. The highest BCUT2D eigenvalue weighted by Gasteiger charge is 2.31. The van der Waals surface area contributed by atoms with Crippen LogP contribution in [0.15, 0.2) is 12.3 Å². The first-order valence-electron chi connectivity index (χ1n) is 5.68. The summed E-state index contributed by atoms with van der Waals surface area (Å²) in [5.74, 6) is 0.487. The van der Waals surface area contributed by atoms with E-state index in [2.05, 4.69) is 10.4 Å². The zero-order valence-corrected chi connectivity index (χ0v) is 10.0. The molecule has 1 saturated heterocycles. The van der Waals surface area contributed by atoms with Gasteiger partial charge in [0.05, 0.1) is 13.2 Å². The fourth-order valence-electron chi connectivity index (χ4n) is 1.80. The molecule has 2 heterocycles. The van der Waals surface area contributed by atoms with E-state index in [1.165, 1.54) is 0 Å². The molecule has 1 aliphatic rings. The van der Waals surface area contributed by atoms with Gasteiger partial charge in [-0.1, -0.05) is 0 Å². The van der Waals surface area contributed by atoms with Gasteiger partial charge in [0.1, 0.15) is 18.0 Å². The largest absolute Gasteiger partial charge is 0.461 e. The molecule has 17 heavy (non-hydrogen) atoms. The van der Waals surface area contributed by atoms with E-state index in [0.29, 0.717) is 25.4 Å². The molecule has 1 aliphatic heterocycles.